The van der Waals surface area contributed by atoms with Gasteiger partial charge in [0, 0.05) is 17.1 Å². The lowest BCUT2D eigenvalue weighted by atomic mass is 9.98. The molecule has 0 N–H and O–H groups in total. The summed E-state index contributed by atoms with van der Waals surface area (Å²) in [7, 11) is 0. The molecule has 0 atom stereocenters. The van der Waals surface area contributed by atoms with E-state index >= 15 is 0 Å². The number of fused-ring (bicyclic) bond motifs is 2. The molecule has 5 nitrogen and oxygen atoms in total. The Morgan fingerprint density at radius 1 is 1.11 bits per heavy atom. The molecule has 1 spiro atoms. The molecule has 4 rings (SSSR count). The summed E-state index contributed by atoms with van der Waals surface area (Å²) in [4.78, 5) is 15.0. The number of anilines is 1. The van der Waals surface area contributed by atoms with Crippen molar-refractivity contribution < 1.29 is 19.0 Å². The van der Waals surface area contributed by atoms with Crippen molar-refractivity contribution in [3.8, 4) is 5.75 Å². The molecule has 0 aromatic heterocycles. The maximum Gasteiger partial charge on any atom is 0.292 e. The van der Waals surface area contributed by atoms with E-state index < -0.39 is 5.79 Å². The van der Waals surface area contributed by atoms with E-state index in [0.29, 0.717) is 48.6 Å². The molecule has 1 saturated heterocycles. The highest BCUT2D eigenvalue weighted by molar-refractivity contribution is 6.35. The molecule has 1 fully saturated rings. The van der Waals surface area contributed by atoms with Crippen LogP contribution >= 0.6 is 23.2 Å². The van der Waals surface area contributed by atoms with Gasteiger partial charge in [0.15, 0.2) is 0 Å². The molecule has 0 bridgehead atoms. The Kier molecular flexibility index (Phi) is 5.27. The second-order valence-corrected chi connectivity index (χ2v) is 7.81. The number of nitrogens with zero attached hydrogens (tertiary/aromatic N) is 1. The number of hydrogen-bond donors (Lipinski definition) is 0. The van der Waals surface area contributed by atoms with E-state index in [2.05, 4.69) is 0 Å². The summed E-state index contributed by atoms with van der Waals surface area (Å²) < 4.78 is 17.4. The smallest absolute Gasteiger partial charge is 0.292 e. The lowest BCUT2D eigenvalue weighted by Gasteiger charge is -2.22. The zero-order chi connectivity index (χ0) is 19.9. The number of ether oxygens (including phenoxy) is 3. The minimum Gasteiger partial charge on any atom is -0.492 e. The van der Waals surface area contributed by atoms with Crippen molar-refractivity contribution in [1.29, 1.82) is 0 Å². The van der Waals surface area contributed by atoms with Gasteiger partial charge in [-0.3, -0.25) is 4.79 Å². The fourth-order valence-corrected chi connectivity index (χ4v) is 4.30. The second-order valence-electron chi connectivity index (χ2n) is 6.97. The summed E-state index contributed by atoms with van der Waals surface area (Å²) in [5.41, 5.74) is 3.72. The molecule has 0 unspecified atom stereocenters. The largest absolute Gasteiger partial charge is 0.492 e. The molecule has 2 heterocycles. The molecule has 148 valence electrons. The molecule has 2 aliphatic rings. The van der Waals surface area contributed by atoms with Crippen LogP contribution in [0.4, 0.5) is 5.69 Å². The van der Waals surface area contributed by atoms with E-state index in [4.69, 9.17) is 37.4 Å². The van der Waals surface area contributed by atoms with Crippen molar-refractivity contribution in [1.82, 2.24) is 0 Å². The SMILES string of the molecule is Cc1ccc(C)c2c1N(CCCOc1ccc(Cl)cc1Cl)C(=O)C21OCCO1. The average Bonchev–Trinajstić information content (AvgIpc) is 3.24. The van der Waals surface area contributed by atoms with E-state index in [9.17, 15) is 4.79 Å². The number of aryl methyl sites for hydroxylation is 2. The number of rotatable bonds is 5. The Morgan fingerprint density at radius 3 is 2.54 bits per heavy atom. The third-order valence-corrected chi connectivity index (χ3v) is 5.62. The van der Waals surface area contributed by atoms with Crippen LogP contribution in [0.5, 0.6) is 5.75 Å². The Hall–Kier alpha value is -1.79. The molecule has 0 radical (unpaired) electrons. The van der Waals surface area contributed by atoms with Gasteiger partial charge in [-0.25, -0.2) is 0 Å². The van der Waals surface area contributed by atoms with Crippen LogP contribution < -0.4 is 9.64 Å². The summed E-state index contributed by atoms with van der Waals surface area (Å²) in [6.07, 6.45) is 0.633. The number of halogens is 2. The maximum absolute atomic E-state index is 13.2. The summed E-state index contributed by atoms with van der Waals surface area (Å²) in [6.45, 7) is 5.70. The molecule has 2 aromatic carbocycles. The minimum atomic E-state index is -1.30. The molecule has 7 heteroatoms. The van der Waals surface area contributed by atoms with Gasteiger partial charge in [0.05, 0.1) is 30.5 Å². The first kappa shape index (κ1) is 19.5. The lowest BCUT2D eigenvalue weighted by Crippen LogP contribution is -2.42. The van der Waals surface area contributed by atoms with Crippen molar-refractivity contribution in [3.05, 3.63) is 57.1 Å². The number of benzene rings is 2. The number of carbonyl (C=O) groups is 1. The van der Waals surface area contributed by atoms with Crippen LogP contribution in [0.1, 0.15) is 23.1 Å². The van der Waals surface area contributed by atoms with Crippen molar-refractivity contribution in [2.24, 2.45) is 0 Å². The zero-order valence-electron chi connectivity index (χ0n) is 15.8. The van der Waals surface area contributed by atoms with Gasteiger partial charge in [0.25, 0.3) is 11.7 Å². The van der Waals surface area contributed by atoms with Crippen molar-refractivity contribution in [3.63, 3.8) is 0 Å². The Bertz CT molecular complexity index is 925. The van der Waals surface area contributed by atoms with Crippen molar-refractivity contribution in [2.75, 3.05) is 31.3 Å². The standard InChI is InChI=1S/C21H21Cl2NO4/c1-13-4-5-14(2)19-18(13)21(27-10-11-28-21)20(25)24(19)8-3-9-26-17-7-6-15(22)12-16(17)23/h4-7,12H,3,8-11H2,1-2H3. The highest BCUT2D eigenvalue weighted by Crippen LogP contribution is 2.48. The Morgan fingerprint density at radius 2 is 1.82 bits per heavy atom. The van der Waals surface area contributed by atoms with Crippen LogP contribution in [-0.4, -0.2) is 32.3 Å². The monoisotopic (exact) mass is 421 g/mol. The van der Waals surface area contributed by atoms with E-state index in [1.54, 1.807) is 23.1 Å². The molecular formula is C21H21Cl2NO4. The van der Waals surface area contributed by atoms with Crippen molar-refractivity contribution in [2.45, 2.75) is 26.1 Å². The van der Waals surface area contributed by atoms with Crippen molar-refractivity contribution >= 4 is 34.8 Å². The third kappa shape index (κ3) is 3.16. The van der Waals surface area contributed by atoms with Gasteiger partial charge in [0.2, 0.25) is 0 Å². The predicted molar refractivity (Wildman–Crippen MR) is 108 cm³/mol. The Labute approximate surface area is 174 Å². The van der Waals surface area contributed by atoms with Gasteiger partial charge in [-0.1, -0.05) is 35.3 Å². The van der Waals surface area contributed by atoms with Gasteiger partial charge in [-0.05, 0) is 49.6 Å². The minimum absolute atomic E-state index is 0.165. The van der Waals surface area contributed by atoms with Crippen LogP contribution in [0.2, 0.25) is 10.0 Å². The van der Waals surface area contributed by atoms with Crippen LogP contribution in [0.3, 0.4) is 0 Å². The average molecular weight is 422 g/mol. The third-order valence-electron chi connectivity index (χ3n) is 5.09. The van der Waals surface area contributed by atoms with Gasteiger partial charge < -0.3 is 19.1 Å². The maximum atomic E-state index is 13.2. The molecule has 0 saturated carbocycles. The topological polar surface area (TPSA) is 48.0 Å². The first-order valence-electron chi connectivity index (χ1n) is 9.22. The molecule has 28 heavy (non-hydrogen) atoms. The summed E-state index contributed by atoms with van der Waals surface area (Å²) in [5.74, 6) is -0.890. The fourth-order valence-electron chi connectivity index (χ4n) is 3.84. The van der Waals surface area contributed by atoms with E-state index in [-0.39, 0.29) is 5.91 Å². The summed E-state index contributed by atoms with van der Waals surface area (Å²) in [5, 5.41) is 1.03. The number of carbonyl (C=O) groups excluding carboxylic acids is 1. The van der Waals surface area contributed by atoms with Crippen LogP contribution in [0.15, 0.2) is 30.3 Å². The van der Waals surface area contributed by atoms with Crippen LogP contribution in [0, 0.1) is 13.8 Å². The fraction of sp³-hybridized carbons (Fsp3) is 0.381. The summed E-state index contributed by atoms with van der Waals surface area (Å²) >= 11 is 12.0. The molecule has 1 amide bonds. The quantitative estimate of drug-likeness (QED) is 0.660. The molecule has 0 aliphatic carbocycles. The lowest BCUT2D eigenvalue weighted by molar-refractivity contribution is -0.180. The molecule has 2 aliphatic heterocycles. The summed E-state index contributed by atoms with van der Waals surface area (Å²) in [6, 6.07) is 9.14. The second kappa shape index (κ2) is 7.56. The van der Waals surface area contributed by atoms with Gasteiger partial charge in [-0.15, -0.1) is 0 Å². The molecular weight excluding hydrogens is 401 g/mol. The van der Waals surface area contributed by atoms with Gasteiger partial charge in [0.1, 0.15) is 5.75 Å². The first-order valence-corrected chi connectivity index (χ1v) is 9.98. The van der Waals surface area contributed by atoms with Gasteiger partial charge >= 0.3 is 0 Å². The Balaban J connectivity index is 1.51. The molecule has 2 aromatic rings. The normalized spacial score (nSPS) is 17.4. The zero-order valence-corrected chi connectivity index (χ0v) is 17.3. The number of hydrogen-bond acceptors (Lipinski definition) is 4. The first-order chi connectivity index (χ1) is 13.4. The van der Waals surface area contributed by atoms with Crippen LogP contribution in [0.25, 0.3) is 0 Å². The van der Waals surface area contributed by atoms with E-state index in [0.717, 1.165) is 22.4 Å². The highest BCUT2D eigenvalue weighted by atomic mass is 35.5. The number of amides is 1. The van der Waals surface area contributed by atoms with Crippen LogP contribution in [-0.2, 0) is 20.1 Å². The van der Waals surface area contributed by atoms with E-state index in [1.165, 1.54) is 0 Å². The van der Waals surface area contributed by atoms with Gasteiger partial charge in [-0.2, -0.15) is 0 Å². The predicted octanol–water partition coefficient (Wildman–Crippen LogP) is 4.63. The highest BCUT2D eigenvalue weighted by Gasteiger charge is 2.57. The van der Waals surface area contributed by atoms with E-state index in [1.807, 2.05) is 26.0 Å².